The summed E-state index contributed by atoms with van der Waals surface area (Å²) in [7, 11) is 0. The Labute approximate surface area is 140 Å². The van der Waals surface area contributed by atoms with Gasteiger partial charge in [0, 0.05) is 31.1 Å². The van der Waals surface area contributed by atoms with Gasteiger partial charge in [-0.3, -0.25) is 9.59 Å². The van der Waals surface area contributed by atoms with E-state index < -0.39 is 11.9 Å². The highest BCUT2D eigenvalue weighted by Crippen LogP contribution is 2.24. The number of carbonyl (C=O) groups excluding carboxylic acids is 2. The van der Waals surface area contributed by atoms with E-state index in [2.05, 4.69) is 0 Å². The zero-order valence-electron chi connectivity index (χ0n) is 13.3. The van der Waals surface area contributed by atoms with Gasteiger partial charge in [0.1, 0.15) is 11.9 Å². The van der Waals surface area contributed by atoms with Crippen LogP contribution in [-0.2, 0) is 4.79 Å². The van der Waals surface area contributed by atoms with E-state index in [0.29, 0.717) is 13.0 Å². The van der Waals surface area contributed by atoms with Gasteiger partial charge in [0.2, 0.25) is 5.91 Å². The first-order valence-corrected chi connectivity index (χ1v) is 9.17. The Morgan fingerprint density at radius 1 is 1.22 bits per heavy atom. The SMILES string of the molecule is Cc1ccc(F)c(C(=O)N2CCCC2C(=O)N2CCSCC2)c1. The Bertz CT molecular complexity index is 617. The number of nitrogens with zero attached hydrogens (tertiary/aromatic N) is 2. The average Bonchev–Trinajstić information content (AvgIpc) is 3.06. The standard InChI is InChI=1S/C17H21FN2O2S/c1-12-4-5-14(18)13(11-12)16(21)20-6-2-3-15(20)17(22)19-7-9-23-10-8-19/h4-5,11,15H,2-3,6-10H2,1H3. The number of amides is 2. The number of aryl methyl sites for hydroxylation is 1. The molecular weight excluding hydrogens is 315 g/mol. The Balaban J connectivity index is 1.79. The molecule has 2 aliphatic heterocycles. The second-order valence-electron chi connectivity index (χ2n) is 6.08. The quantitative estimate of drug-likeness (QED) is 0.832. The van der Waals surface area contributed by atoms with Gasteiger partial charge in [0.15, 0.2) is 0 Å². The van der Waals surface area contributed by atoms with Crippen LogP contribution in [0.4, 0.5) is 4.39 Å². The molecule has 0 radical (unpaired) electrons. The summed E-state index contributed by atoms with van der Waals surface area (Å²) in [5, 5.41) is 0. The summed E-state index contributed by atoms with van der Waals surface area (Å²) in [4.78, 5) is 28.9. The van der Waals surface area contributed by atoms with Crippen LogP contribution in [0.5, 0.6) is 0 Å². The van der Waals surface area contributed by atoms with E-state index in [1.807, 2.05) is 23.6 Å². The van der Waals surface area contributed by atoms with E-state index in [0.717, 1.165) is 36.6 Å². The van der Waals surface area contributed by atoms with Crippen molar-refractivity contribution in [1.82, 2.24) is 9.80 Å². The molecule has 0 bridgehead atoms. The molecule has 1 atom stereocenters. The smallest absolute Gasteiger partial charge is 0.257 e. The molecule has 0 N–H and O–H groups in total. The number of rotatable bonds is 2. The zero-order valence-corrected chi connectivity index (χ0v) is 14.1. The molecule has 6 heteroatoms. The lowest BCUT2D eigenvalue weighted by atomic mass is 10.1. The Morgan fingerprint density at radius 2 is 1.96 bits per heavy atom. The van der Waals surface area contributed by atoms with Crippen molar-refractivity contribution >= 4 is 23.6 Å². The summed E-state index contributed by atoms with van der Waals surface area (Å²) < 4.78 is 14.0. The maximum Gasteiger partial charge on any atom is 0.257 e. The first-order valence-electron chi connectivity index (χ1n) is 8.01. The Hall–Kier alpha value is -1.56. The molecule has 3 rings (SSSR count). The van der Waals surface area contributed by atoms with Crippen LogP contribution in [0.1, 0.15) is 28.8 Å². The van der Waals surface area contributed by atoms with E-state index in [-0.39, 0.29) is 17.4 Å². The minimum absolute atomic E-state index is 0.0178. The largest absolute Gasteiger partial charge is 0.339 e. The van der Waals surface area contributed by atoms with Crippen molar-refractivity contribution in [2.45, 2.75) is 25.8 Å². The highest BCUT2D eigenvalue weighted by atomic mass is 32.2. The third-order valence-corrected chi connectivity index (χ3v) is 5.42. The second-order valence-corrected chi connectivity index (χ2v) is 7.30. The van der Waals surface area contributed by atoms with Gasteiger partial charge in [-0.05, 0) is 31.9 Å². The zero-order chi connectivity index (χ0) is 16.4. The predicted octanol–water partition coefficient (Wildman–Crippen LogP) is 2.31. The molecule has 2 fully saturated rings. The molecule has 2 aliphatic rings. The highest BCUT2D eigenvalue weighted by Gasteiger charge is 2.37. The lowest BCUT2D eigenvalue weighted by molar-refractivity contribution is -0.134. The predicted molar refractivity (Wildman–Crippen MR) is 89.1 cm³/mol. The van der Waals surface area contributed by atoms with E-state index in [9.17, 15) is 14.0 Å². The molecule has 0 spiro atoms. The Kier molecular flexibility index (Phi) is 4.90. The van der Waals surface area contributed by atoms with Gasteiger partial charge < -0.3 is 9.80 Å². The molecule has 4 nitrogen and oxygen atoms in total. The van der Waals surface area contributed by atoms with Crippen molar-refractivity contribution < 1.29 is 14.0 Å². The molecule has 124 valence electrons. The van der Waals surface area contributed by atoms with Gasteiger partial charge >= 0.3 is 0 Å². The average molecular weight is 336 g/mol. The maximum absolute atomic E-state index is 14.0. The monoisotopic (exact) mass is 336 g/mol. The van der Waals surface area contributed by atoms with Gasteiger partial charge in [-0.2, -0.15) is 11.8 Å². The molecule has 0 saturated carbocycles. The number of hydrogen-bond donors (Lipinski definition) is 0. The summed E-state index contributed by atoms with van der Waals surface area (Å²) >= 11 is 1.84. The van der Waals surface area contributed by atoms with Crippen LogP contribution < -0.4 is 0 Å². The third kappa shape index (κ3) is 3.37. The number of likely N-dealkylation sites (tertiary alicyclic amines) is 1. The Morgan fingerprint density at radius 3 is 2.70 bits per heavy atom. The van der Waals surface area contributed by atoms with Crippen LogP contribution >= 0.6 is 11.8 Å². The minimum atomic E-state index is -0.520. The second kappa shape index (κ2) is 6.91. The highest BCUT2D eigenvalue weighted by molar-refractivity contribution is 7.99. The van der Waals surface area contributed by atoms with Crippen LogP contribution in [-0.4, -0.2) is 58.8 Å². The number of carbonyl (C=O) groups is 2. The minimum Gasteiger partial charge on any atom is -0.339 e. The van der Waals surface area contributed by atoms with E-state index in [4.69, 9.17) is 0 Å². The van der Waals surface area contributed by atoms with Crippen molar-refractivity contribution in [3.63, 3.8) is 0 Å². The number of halogens is 1. The summed E-state index contributed by atoms with van der Waals surface area (Å²) in [6.07, 6.45) is 1.46. The van der Waals surface area contributed by atoms with E-state index in [1.54, 1.807) is 17.0 Å². The first-order chi connectivity index (χ1) is 11.1. The molecule has 1 unspecified atom stereocenters. The maximum atomic E-state index is 14.0. The number of benzene rings is 1. The van der Waals surface area contributed by atoms with Crippen LogP contribution in [0.3, 0.4) is 0 Å². The van der Waals surface area contributed by atoms with Crippen molar-refractivity contribution in [3.8, 4) is 0 Å². The molecular formula is C17H21FN2O2S. The molecule has 1 aromatic carbocycles. The number of thioether (sulfide) groups is 1. The first kappa shape index (κ1) is 16.3. The fourth-order valence-corrected chi connectivity index (χ4v) is 4.12. The van der Waals surface area contributed by atoms with Crippen molar-refractivity contribution in [1.29, 1.82) is 0 Å². The molecule has 2 heterocycles. The summed E-state index contributed by atoms with van der Waals surface area (Å²) in [6.45, 7) is 3.82. The molecule has 2 amide bonds. The van der Waals surface area contributed by atoms with Crippen molar-refractivity contribution in [2.75, 3.05) is 31.1 Å². The lowest BCUT2D eigenvalue weighted by Gasteiger charge is -2.32. The van der Waals surface area contributed by atoms with E-state index in [1.165, 1.54) is 6.07 Å². The summed E-state index contributed by atoms with van der Waals surface area (Å²) in [5.41, 5.74) is 0.906. The van der Waals surface area contributed by atoms with Crippen molar-refractivity contribution in [2.24, 2.45) is 0 Å². The fourth-order valence-electron chi connectivity index (χ4n) is 3.22. The van der Waals surface area contributed by atoms with Gasteiger partial charge in [-0.15, -0.1) is 0 Å². The fraction of sp³-hybridized carbons (Fsp3) is 0.529. The van der Waals surface area contributed by atoms with Crippen LogP contribution in [0.15, 0.2) is 18.2 Å². The van der Waals surface area contributed by atoms with E-state index >= 15 is 0 Å². The topological polar surface area (TPSA) is 40.6 Å². The normalized spacial score (nSPS) is 21.6. The molecule has 23 heavy (non-hydrogen) atoms. The van der Waals surface area contributed by atoms with Crippen LogP contribution in [0.25, 0.3) is 0 Å². The number of hydrogen-bond acceptors (Lipinski definition) is 3. The lowest BCUT2D eigenvalue weighted by Crippen LogP contribution is -2.50. The van der Waals surface area contributed by atoms with Crippen molar-refractivity contribution in [3.05, 3.63) is 35.1 Å². The summed E-state index contributed by atoms with van der Waals surface area (Å²) in [5.74, 6) is 1.02. The van der Waals surface area contributed by atoms with Crippen LogP contribution in [0.2, 0.25) is 0 Å². The summed E-state index contributed by atoms with van der Waals surface area (Å²) in [6, 6.07) is 4.08. The molecule has 1 aromatic rings. The molecule has 0 aliphatic carbocycles. The molecule has 0 aromatic heterocycles. The molecule has 2 saturated heterocycles. The van der Waals surface area contributed by atoms with Gasteiger partial charge in [0.25, 0.3) is 5.91 Å². The third-order valence-electron chi connectivity index (χ3n) is 4.47. The van der Waals surface area contributed by atoms with Crippen LogP contribution in [0, 0.1) is 12.7 Å². The van der Waals surface area contributed by atoms with Gasteiger partial charge in [-0.1, -0.05) is 11.6 Å². The van der Waals surface area contributed by atoms with Gasteiger partial charge in [0.05, 0.1) is 5.56 Å². The van der Waals surface area contributed by atoms with Gasteiger partial charge in [-0.25, -0.2) is 4.39 Å².